The Morgan fingerprint density at radius 2 is 2.14 bits per heavy atom. The number of carbonyl (C=O) groups excluding carboxylic acids is 1. The van der Waals surface area contributed by atoms with E-state index in [0.717, 1.165) is 52.4 Å². The molecule has 2 aliphatic heterocycles. The van der Waals surface area contributed by atoms with Gasteiger partial charge in [-0.25, -0.2) is 9.50 Å². The minimum absolute atomic E-state index is 0.129. The normalized spacial score (nSPS) is 21.2. The van der Waals surface area contributed by atoms with Crippen LogP contribution >= 0.6 is 11.3 Å². The molecule has 29 heavy (non-hydrogen) atoms. The second-order valence-electron chi connectivity index (χ2n) is 7.68. The van der Waals surface area contributed by atoms with Gasteiger partial charge in [-0.15, -0.1) is 11.3 Å². The standard InChI is InChI=1S/C20H19N7OS/c28-20(26-8-12-1-2-21-17(12)10-26)18-3-13(11-29-18)16-7-25-27-9-15(4-22-19(16)27)14-5-23-24-6-14/h3-7,9,11-12,17,21H,1-2,8,10H2,(H,23,24). The first-order valence-electron chi connectivity index (χ1n) is 9.70. The van der Waals surface area contributed by atoms with E-state index in [4.69, 9.17) is 0 Å². The monoisotopic (exact) mass is 405 g/mol. The summed E-state index contributed by atoms with van der Waals surface area (Å²) in [5.41, 5.74) is 4.59. The average molecular weight is 405 g/mol. The molecule has 4 aromatic rings. The van der Waals surface area contributed by atoms with Gasteiger partial charge in [0.1, 0.15) is 0 Å². The lowest BCUT2D eigenvalue weighted by Crippen LogP contribution is -2.33. The number of hydrogen-bond donors (Lipinski definition) is 2. The first kappa shape index (κ1) is 16.9. The molecule has 0 saturated carbocycles. The van der Waals surface area contributed by atoms with Gasteiger partial charge in [-0.1, -0.05) is 0 Å². The minimum Gasteiger partial charge on any atom is -0.336 e. The number of nitrogens with one attached hydrogen (secondary N) is 2. The molecule has 146 valence electrons. The summed E-state index contributed by atoms with van der Waals surface area (Å²) in [7, 11) is 0. The topological polar surface area (TPSA) is 91.2 Å². The number of rotatable bonds is 3. The number of likely N-dealkylation sites (tertiary alicyclic amines) is 1. The van der Waals surface area contributed by atoms with Gasteiger partial charge in [0.2, 0.25) is 0 Å². The number of aromatic amines is 1. The van der Waals surface area contributed by atoms with Crippen molar-refractivity contribution in [1.29, 1.82) is 0 Å². The molecule has 9 heteroatoms. The third kappa shape index (κ3) is 2.77. The van der Waals surface area contributed by atoms with Crippen LogP contribution in [0, 0.1) is 5.92 Å². The first-order valence-corrected chi connectivity index (χ1v) is 10.6. The number of carbonyl (C=O) groups is 1. The molecular formula is C20H19N7OS. The summed E-state index contributed by atoms with van der Waals surface area (Å²) in [6.07, 6.45) is 10.3. The maximum absolute atomic E-state index is 13.0. The van der Waals surface area contributed by atoms with Crippen molar-refractivity contribution in [2.75, 3.05) is 19.6 Å². The van der Waals surface area contributed by atoms with Gasteiger partial charge in [-0.05, 0) is 35.9 Å². The van der Waals surface area contributed by atoms with Gasteiger partial charge in [0, 0.05) is 54.4 Å². The molecule has 2 unspecified atom stereocenters. The van der Waals surface area contributed by atoms with E-state index in [1.54, 1.807) is 10.7 Å². The van der Waals surface area contributed by atoms with E-state index in [1.807, 2.05) is 41.1 Å². The van der Waals surface area contributed by atoms with Crippen molar-refractivity contribution in [3.63, 3.8) is 0 Å². The van der Waals surface area contributed by atoms with Crippen molar-refractivity contribution in [3.8, 4) is 22.3 Å². The highest BCUT2D eigenvalue weighted by molar-refractivity contribution is 7.12. The second kappa shape index (κ2) is 6.50. The van der Waals surface area contributed by atoms with Crippen LogP contribution in [-0.4, -0.2) is 61.3 Å². The number of amides is 1. The molecule has 2 fully saturated rings. The Morgan fingerprint density at radius 1 is 1.17 bits per heavy atom. The van der Waals surface area contributed by atoms with Crippen LogP contribution in [0.25, 0.3) is 27.9 Å². The summed E-state index contributed by atoms with van der Waals surface area (Å²) in [6.45, 7) is 2.75. The Bertz CT molecular complexity index is 1180. The Balaban J connectivity index is 1.28. The van der Waals surface area contributed by atoms with E-state index in [-0.39, 0.29) is 5.91 Å². The fraction of sp³-hybridized carbons (Fsp3) is 0.300. The van der Waals surface area contributed by atoms with Crippen molar-refractivity contribution in [2.45, 2.75) is 12.5 Å². The van der Waals surface area contributed by atoms with Crippen LogP contribution in [0.4, 0.5) is 0 Å². The van der Waals surface area contributed by atoms with Gasteiger partial charge in [-0.2, -0.15) is 10.2 Å². The van der Waals surface area contributed by atoms with Crippen LogP contribution < -0.4 is 5.32 Å². The number of fused-ring (bicyclic) bond motifs is 2. The molecule has 2 N–H and O–H groups in total. The highest BCUT2D eigenvalue weighted by Gasteiger charge is 2.38. The summed E-state index contributed by atoms with van der Waals surface area (Å²) in [5.74, 6) is 0.732. The quantitative estimate of drug-likeness (QED) is 0.546. The minimum atomic E-state index is 0.129. The zero-order valence-electron chi connectivity index (χ0n) is 15.6. The summed E-state index contributed by atoms with van der Waals surface area (Å²) in [4.78, 5) is 20.3. The fourth-order valence-corrected chi connectivity index (χ4v) is 5.27. The van der Waals surface area contributed by atoms with E-state index >= 15 is 0 Å². The molecule has 0 radical (unpaired) electrons. The van der Waals surface area contributed by atoms with E-state index < -0.39 is 0 Å². The molecule has 0 bridgehead atoms. The van der Waals surface area contributed by atoms with Crippen molar-refractivity contribution >= 4 is 22.9 Å². The van der Waals surface area contributed by atoms with E-state index in [0.29, 0.717) is 12.0 Å². The first-order chi connectivity index (χ1) is 14.3. The SMILES string of the molecule is O=C(c1cc(-c2cnn3cc(-c4cn[nH]c4)cnc23)cs1)N1CC2CCNC2C1. The van der Waals surface area contributed by atoms with Gasteiger partial charge < -0.3 is 10.2 Å². The maximum atomic E-state index is 13.0. The molecule has 6 rings (SSSR count). The lowest BCUT2D eigenvalue weighted by atomic mass is 10.1. The average Bonchev–Trinajstić information content (AvgIpc) is 3.54. The number of H-pyrrole nitrogens is 1. The molecule has 2 aliphatic rings. The van der Waals surface area contributed by atoms with Gasteiger partial charge in [0.15, 0.2) is 5.65 Å². The zero-order valence-corrected chi connectivity index (χ0v) is 16.4. The summed E-state index contributed by atoms with van der Waals surface area (Å²) >= 11 is 1.49. The van der Waals surface area contributed by atoms with Crippen LogP contribution in [0.2, 0.25) is 0 Å². The molecule has 1 amide bonds. The summed E-state index contributed by atoms with van der Waals surface area (Å²) < 4.78 is 1.77. The zero-order chi connectivity index (χ0) is 19.4. The van der Waals surface area contributed by atoms with Crippen LogP contribution in [0.15, 0.2) is 42.4 Å². The number of hydrogen-bond acceptors (Lipinski definition) is 6. The summed E-state index contributed by atoms with van der Waals surface area (Å²) in [6, 6.07) is 2.43. The molecule has 2 atom stereocenters. The summed E-state index contributed by atoms with van der Waals surface area (Å²) in [5, 5.41) is 16.8. The van der Waals surface area contributed by atoms with Crippen molar-refractivity contribution in [1.82, 2.24) is 35.0 Å². The van der Waals surface area contributed by atoms with Crippen LogP contribution in [0.1, 0.15) is 16.1 Å². The van der Waals surface area contributed by atoms with E-state index in [2.05, 4.69) is 25.6 Å². The number of aromatic nitrogens is 5. The molecule has 2 saturated heterocycles. The molecule has 4 aromatic heterocycles. The van der Waals surface area contributed by atoms with Crippen LogP contribution in [0.5, 0.6) is 0 Å². The van der Waals surface area contributed by atoms with Crippen molar-refractivity contribution < 1.29 is 4.79 Å². The third-order valence-corrected chi connectivity index (χ3v) is 6.88. The number of nitrogens with zero attached hydrogens (tertiary/aromatic N) is 5. The molecule has 6 heterocycles. The van der Waals surface area contributed by atoms with Crippen LogP contribution in [-0.2, 0) is 0 Å². The predicted octanol–water partition coefficient (Wildman–Crippen LogP) is 2.28. The highest BCUT2D eigenvalue weighted by atomic mass is 32.1. The largest absolute Gasteiger partial charge is 0.336 e. The van der Waals surface area contributed by atoms with Crippen molar-refractivity contribution in [2.24, 2.45) is 5.92 Å². The lowest BCUT2D eigenvalue weighted by Gasteiger charge is -2.16. The van der Waals surface area contributed by atoms with Gasteiger partial charge in [0.25, 0.3) is 5.91 Å². The molecule has 0 aliphatic carbocycles. The second-order valence-corrected chi connectivity index (χ2v) is 8.59. The van der Waals surface area contributed by atoms with Gasteiger partial charge >= 0.3 is 0 Å². The van der Waals surface area contributed by atoms with E-state index in [1.165, 1.54) is 17.8 Å². The Hall–Kier alpha value is -3.04. The fourth-order valence-electron chi connectivity index (χ4n) is 4.40. The van der Waals surface area contributed by atoms with Crippen molar-refractivity contribution in [3.05, 3.63) is 47.3 Å². The maximum Gasteiger partial charge on any atom is 0.264 e. The highest BCUT2D eigenvalue weighted by Crippen LogP contribution is 2.32. The van der Waals surface area contributed by atoms with E-state index in [9.17, 15) is 4.79 Å². The van der Waals surface area contributed by atoms with Gasteiger partial charge in [-0.3, -0.25) is 9.89 Å². The molecular weight excluding hydrogens is 386 g/mol. The number of thiophene rings is 1. The molecule has 0 spiro atoms. The molecule has 8 nitrogen and oxygen atoms in total. The smallest absolute Gasteiger partial charge is 0.264 e. The Kier molecular flexibility index (Phi) is 3.78. The van der Waals surface area contributed by atoms with Crippen LogP contribution in [0.3, 0.4) is 0 Å². The predicted molar refractivity (Wildman–Crippen MR) is 110 cm³/mol. The Morgan fingerprint density at radius 3 is 3.00 bits per heavy atom. The third-order valence-electron chi connectivity index (χ3n) is 5.96. The van der Waals surface area contributed by atoms with Gasteiger partial charge in [0.05, 0.1) is 17.3 Å². The molecule has 0 aromatic carbocycles. The Labute approximate surface area is 170 Å². The lowest BCUT2D eigenvalue weighted by molar-refractivity contribution is 0.0787.